The van der Waals surface area contributed by atoms with Crippen LogP contribution in [0.15, 0.2) is 5.38 Å². The van der Waals surface area contributed by atoms with Gasteiger partial charge in [0.1, 0.15) is 5.01 Å². The first-order valence-electron chi connectivity index (χ1n) is 5.30. The zero-order valence-corrected chi connectivity index (χ0v) is 9.68. The van der Waals surface area contributed by atoms with Crippen LogP contribution in [-0.4, -0.2) is 18.1 Å². The molecule has 1 aromatic heterocycles. The van der Waals surface area contributed by atoms with Gasteiger partial charge in [0.15, 0.2) is 0 Å². The fourth-order valence-electron chi connectivity index (χ4n) is 2.01. The molecule has 15 heavy (non-hydrogen) atoms. The highest BCUT2D eigenvalue weighted by molar-refractivity contribution is 7.09. The predicted octanol–water partition coefficient (Wildman–Crippen LogP) is 2.52. The van der Waals surface area contributed by atoms with Gasteiger partial charge in [-0.3, -0.25) is 4.79 Å². The number of carbonyl (C=O) groups is 1. The number of carbonyl (C=O) groups excluding carboxylic acids is 1. The van der Waals surface area contributed by atoms with Gasteiger partial charge in [-0.2, -0.15) is 0 Å². The Kier molecular flexibility index (Phi) is 3.36. The minimum Gasteiger partial charge on any atom is -0.469 e. The summed E-state index contributed by atoms with van der Waals surface area (Å²) in [4.78, 5) is 15.6. The Morgan fingerprint density at radius 2 is 2.33 bits per heavy atom. The molecule has 1 aliphatic rings. The van der Waals surface area contributed by atoms with Crippen molar-refractivity contribution in [3.63, 3.8) is 0 Å². The average Bonchev–Trinajstić information content (AvgIpc) is 2.85. The van der Waals surface area contributed by atoms with Crippen LogP contribution < -0.4 is 0 Å². The van der Waals surface area contributed by atoms with Crippen molar-refractivity contribution in [2.24, 2.45) is 0 Å². The predicted molar refractivity (Wildman–Crippen MR) is 59.0 cm³/mol. The van der Waals surface area contributed by atoms with Crippen LogP contribution in [0.25, 0.3) is 0 Å². The van der Waals surface area contributed by atoms with Crippen molar-refractivity contribution in [1.29, 1.82) is 0 Å². The molecule has 0 unspecified atom stereocenters. The van der Waals surface area contributed by atoms with Crippen LogP contribution in [0, 0.1) is 0 Å². The van der Waals surface area contributed by atoms with Crippen molar-refractivity contribution in [2.75, 3.05) is 7.11 Å². The van der Waals surface area contributed by atoms with Gasteiger partial charge in [-0.1, -0.05) is 12.8 Å². The first-order valence-corrected chi connectivity index (χ1v) is 6.18. The van der Waals surface area contributed by atoms with Crippen molar-refractivity contribution in [3.05, 3.63) is 16.1 Å². The molecule has 0 bridgehead atoms. The maximum Gasteiger partial charge on any atom is 0.312 e. The van der Waals surface area contributed by atoms with Gasteiger partial charge >= 0.3 is 5.97 Å². The van der Waals surface area contributed by atoms with E-state index in [4.69, 9.17) is 0 Å². The third-order valence-electron chi connectivity index (χ3n) is 2.87. The molecule has 0 saturated heterocycles. The van der Waals surface area contributed by atoms with E-state index in [1.807, 2.05) is 0 Å². The highest BCUT2D eigenvalue weighted by Gasteiger charge is 2.20. The molecule has 1 fully saturated rings. The normalized spacial score (nSPS) is 16.9. The molecule has 1 aliphatic carbocycles. The fraction of sp³-hybridized carbons (Fsp3) is 0.636. The van der Waals surface area contributed by atoms with Gasteiger partial charge < -0.3 is 4.74 Å². The van der Waals surface area contributed by atoms with E-state index in [0.717, 1.165) is 5.01 Å². The average molecular weight is 225 g/mol. The number of hydrogen-bond acceptors (Lipinski definition) is 4. The minimum absolute atomic E-state index is 0.206. The van der Waals surface area contributed by atoms with E-state index in [1.165, 1.54) is 38.5 Å². The lowest BCUT2D eigenvalue weighted by Gasteiger charge is -2.02. The zero-order valence-electron chi connectivity index (χ0n) is 8.86. The van der Waals surface area contributed by atoms with Crippen molar-refractivity contribution >= 4 is 17.3 Å². The monoisotopic (exact) mass is 225 g/mol. The summed E-state index contributed by atoms with van der Waals surface area (Å²) in [7, 11) is 1.41. The zero-order chi connectivity index (χ0) is 10.7. The SMILES string of the molecule is COC(=O)Cc1nc(C2CCCC2)cs1. The van der Waals surface area contributed by atoms with Crippen LogP contribution >= 0.6 is 11.3 Å². The number of rotatable bonds is 3. The third-order valence-corrected chi connectivity index (χ3v) is 3.73. The number of aromatic nitrogens is 1. The van der Waals surface area contributed by atoms with Crippen LogP contribution in [-0.2, 0) is 16.0 Å². The molecule has 0 spiro atoms. The molecule has 3 nitrogen and oxygen atoms in total. The summed E-state index contributed by atoms with van der Waals surface area (Å²) >= 11 is 1.57. The van der Waals surface area contributed by atoms with Crippen molar-refractivity contribution in [3.8, 4) is 0 Å². The van der Waals surface area contributed by atoms with E-state index in [0.29, 0.717) is 12.3 Å². The van der Waals surface area contributed by atoms with Gasteiger partial charge in [0.2, 0.25) is 0 Å². The molecule has 0 N–H and O–H groups in total. The Morgan fingerprint density at radius 3 is 3.00 bits per heavy atom. The van der Waals surface area contributed by atoms with Crippen LogP contribution in [0.4, 0.5) is 0 Å². The van der Waals surface area contributed by atoms with Crippen molar-refractivity contribution < 1.29 is 9.53 Å². The van der Waals surface area contributed by atoms with E-state index in [2.05, 4.69) is 15.1 Å². The number of methoxy groups -OCH3 is 1. The second-order valence-corrected chi connectivity index (χ2v) is 4.84. The van der Waals surface area contributed by atoms with Gasteiger partial charge in [-0.05, 0) is 12.8 Å². The van der Waals surface area contributed by atoms with Gasteiger partial charge in [-0.15, -0.1) is 11.3 Å². The molecule has 0 aliphatic heterocycles. The summed E-state index contributed by atoms with van der Waals surface area (Å²) < 4.78 is 4.62. The fourth-order valence-corrected chi connectivity index (χ4v) is 2.87. The third kappa shape index (κ3) is 2.56. The van der Waals surface area contributed by atoms with Crippen LogP contribution in [0.3, 0.4) is 0 Å². The summed E-state index contributed by atoms with van der Waals surface area (Å²) in [5.74, 6) is 0.426. The van der Waals surface area contributed by atoms with E-state index in [9.17, 15) is 4.79 Å². The van der Waals surface area contributed by atoms with Gasteiger partial charge in [0.25, 0.3) is 0 Å². The largest absolute Gasteiger partial charge is 0.469 e. The molecule has 0 amide bonds. The van der Waals surface area contributed by atoms with Crippen molar-refractivity contribution in [1.82, 2.24) is 4.98 Å². The van der Waals surface area contributed by atoms with E-state index in [-0.39, 0.29) is 5.97 Å². The number of esters is 1. The molecule has 2 rings (SSSR count). The summed E-state index contributed by atoms with van der Waals surface area (Å²) in [6.45, 7) is 0. The molecule has 1 heterocycles. The molecule has 0 aromatic carbocycles. The smallest absolute Gasteiger partial charge is 0.312 e. The molecule has 82 valence electrons. The van der Waals surface area contributed by atoms with Gasteiger partial charge in [0.05, 0.1) is 19.2 Å². The van der Waals surface area contributed by atoms with Gasteiger partial charge in [-0.25, -0.2) is 4.98 Å². The summed E-state index contributed by atoms with van der Waals surface area (Å²) in [6.07, 6.45) is 5.44. The Labute approximate surface area is 93.5 Å². The maximum absolute atomic E-state index is 11.1. The second kappa shape index (κ2) is 4.75. The number of nitrogens with zero attached hydrogens (tertiary/aromatic N) is 1. The first-order chi connectivity index (χ1) is 7.29. The topological polar surface area (TPSA) is 39.2 Å². The minimum atomic E-state index is -0.206. The van der Waals surface area contributed by atoms with Gasteiger partial charge in [0, 0.05) is 11.3 Å². The lowest BCUT2D eigenvalue weighted by atomic mass is 10.1. The van der Waals surface area contributed by atoms with E-state index >= 15 is 0 Å². The molecule has 1 aromatic rings. The molecule has 1 saturated carbocycles. The molecule has 0 atom stereocenters. The van der Waals surface area contributed by atoms with Crippen LogP contribution in [0.5, 0.6) is 0 Å². The standard InChI is InChI=1S/C11H15NO2S/c1-14-11(13)6-10-12-9(7-15-10)8-4-2-3-5-8/h7-8H,2-6H2,1H3. The van der Waals surface area contributed by atoms with E-state index < -0.39 is 0 Å². The number of thiazole rings is 1. The maximum atomic E-state index is 11.1. The Morgan fingerprint density at radius 1 is 1.60 bits per heavy atom. The van der Waals surface area contributed by atoms with E-state index in [1.54, 1.807) is 11.3 Å². The molecule has 4 heteroatoms. The summed E-state index contributed by atoms with van der Waals surface area (Å²) in [5.41, 5.74) is 1.18. The molecule has 0 radical (unpaired) electrons. The highest BCUT2D eigenvalue weighted by atomic mass is 32.1. The Balaban J connectivity index is 2.00. The Hall–Kier alpha value is -0.900. The summed E-state index contributed by atoms with van der Waals surface area (Å²) in [6, 6.07) is 0. The summed E-state index contributed by atoms with van der Waals surface area (Å²) in [5, 5.41) is 2.97. The molecular weight excluding hydrogens is 210 g/mol. The quantitative estimate of drug-likeness (QED) is 0.742. The lowest BCUT2D eigenvalue weighted by molar-refractivity contribution is -0.139. The van der Waals surface area contributed by atoms with Crippen LogP contribution in [0.2, 0.25) is 0 Å². The second-order valence-electron chi connectivity index (χ2n) is 3.90. The number of hydrogen-bond donors (Lipinski definition) is 0. The molecular formula is C11H15NO2S. The first kappa shape index (κ1) is 10.6. The number of ether oxygens (including phenoxy) is 1. The van der Waals surface area contributed by atoms with Crippen LogP contribution in [0.1, 0.15) is 42.3 Å². The lowest BCUT2D eigenvalue weighted by Crippen LogP contribution is -2.04. The van der Waals surface area contributed by atoms with Crippen molar-refractivity contribution in [2.45, 2.75) is 38.0 Å². The Bertz CT molecular complexity index is 342. The highest BCUT2D eigenvalue weighted by Crippen LogP contribution is 2.34.